The SMILES string of the molecule is CCCCOc1ccc(/C=C/C(=O)NC2CCN(Cc3ccccc3)CC2)cc1OC. The van der Waals surface area contributed by atoms with Crippen LogP contribution in [-0.4, -0.2) is 43.7 Å². The van der Waals surface area contributed by atoms with Crippen molar-refractivity contribution in [3.63, 3.8) is 0 Å². The molecule has 0 aliphatic carbocycles. The molecule has 1 N–H and O–H groups in total. The van der Waals surface area contributed by atoms with Crippen molar-refractivity contribution in [3.05, 3.63) is 65.7 Å². The van der Waals surface area contributed by atoms with Gasteiger partial charge in [0.15, 0.2) is 11.5 Å². The monoisotopic (exact) mass is 422 g/mol. The van der Waals surface area contributed by atoms with E-state index in [0.717, 1.165) is 56.6 Å². The molecule has 5 heteroatoms. The van der Waals surface area contributed by atoms with Crippen molar-refractivity contribution in [2.24, 2.45) is 0 Å². The summed E-state index contributed by atoms with van der Waals surface area (Å²) in [6, 6.07) is 16.5. The van der Waals surface area contributed by atoms with E-state index >= 15 is 0 Å². The summed E-state index contributed by atoms with van der Waals surface area (Å²) in [6.45, 7) is 5.78. The number of piperidine rings is 1. The fourth-order valence-corrected chi connectivity index (χ4v) is 3.73. The molecule has 1 heterocycles. The zero-order valence-corrected chi connectivity index (χ0v) is 18.7. The maximum atomic E-state index is 12.4. The average Bonchev–Trinajstić information content (AvgIpc) is 2.80. The summed E-state index contributed by atoms with van der Waals surface area (Å²) in [5.74, 6) is 1.37. The molecule has 2 aromatic rings. The van der Waals surface area contributed by atoms with Gasteiger partial charge in [-0.15, -0.1) is 0 Å². The van der Waals surface area contributed by atoms with E-state index < -0.39 is 0 Å². The first-order valence-corrected chi connectivity index (χ1v) is 11.2. The zero-order chi connectivity index (χ0) is 21.9. The highest BCUT2D eigenvalue weighted by Crippen LogP contribution is 2.28. The van der Waals surface area contributed by atoms with Crippen LogP contribution in [0.4, 0.5) is 0 Å². The van der Waals surface area contributed by atoms with Crippen molar-refractivity contribution in [2.75, 3.05) is 26.8 Å². The Hall–Kier alpha value is -2.79. The minimum atomic E-state index is -0.0521. The van der Waals surface area contributed by atoms with Crippen LogP contribution in [0.15, 0.2) is 54.6 Å². The highest BCUT2D eigenvalue weighted by atomic mass is 16.5. The molecule has 2 aromatic carbocycles. The van der Waals surface area contributed by atoms with Crippen LogP contribution in [-0.2, 0) is 11.3 Å². The van der Waals surface area contributed by atoms with Crippen molar-refractivity contribution in [1.82, 2.24) is 10.2 Å². The number of likely N-dealkylation sites (tertiary alicyclic amines) is 1. The standard InChI is InChI=1S/C26H34N2O3/c1-3-4-18-31-24-12-10-21(19-25(24)30-2)11-13-26(29)27-23-14-16-28(17-15-23)20-22-8-6-5-7-9-22/h5-13,19,23H,3-4,14-18,20H2,1-2H3,(H,27,29)/b13-11+. The number of ether oxygens (including phenoxy) is 2. The van der Waals surface area contributed by atoms with E-state index in [4.69, 9.17) is 9.47 Å². The van der Waals surface area contributed by atoms with Gasteiger partial charge in [0, 0.05) is 31.8 Å². The van der Waals surface area contributed by atoms with Gasteiger partial charge in [-0.3, -0.25) is 9.69 Å². The third-order valence-corrected chi connectivity index (χ3v) is 5.55. The Balaban J connectivity index is 1.45. The van der Waals surface area contributed by atoms with Crippen LogP contribution in [0.5, 0.6) is 11.5 Å². The Morgan fingerprint density at radius 1 is 1.13 bits per heavy atom. The number of unbranched alkanes of at least 4 members (excludes halogenated alkanes) is 1. The van der Waals surface area contributed by atoms with Gasteiger partial charge in [0.05, 0.1) is 13.7 Å². The molecule has 0 saturated carbocycles. The van der Waals surface area contributed by atoms with Gasteiger partial charge in [0.1, 0.15) is 0 Å². The van der Waals surface area contributed by atoms with E-state index in [2.05, 4.69) is 41.4 Å². The van der Waals surface area contributed by atoms with Gasteiger partial charge in [-0.2, -0.15) is 0 Å². The molecule has 1 saturated heterocycles. The number of hydrogen-bond acceptors (Lipinski definition) is 4. The maximum Gasteiger partial charge on any atom is 0.244 e. The zero-order valence-electron chi connectivity index (χ0n) is 18.7. The maximum absolute atomic E-state index is 12.4. The van der Waals surface area contributed by atoms with E-state index in [0.29, 0.717) is 12.4 Å². The number of amides is 1. The van der Waals surface area contributed by atoms with Gasteiger partial charge < -0.3 is 14.8 Å². The molecule has 166 valence electrons. The van der Waals surface area contributed by atoms with Crippen molar-refractivity contribution in [1.29, 1.82) is 0 Å². The lowest BCUT2D eigenvalue weighted by Gasteiger charge is -2.32. The number of nitrogens with zero attached hydrogens (tertiary/aromatic N) is 1. The molecule has 0 radical (unpaired) electrons. The Bertz CT molecular complexity index is 843. The molecule has 0 unspecified atom stereocenters. The number of carbonyl (C=O) groups excluding carboxylic acids is 1. The summed E-state index contributed by atoms with van der Waals surface area (Å²) >= 11 is 0. The molecule has 1 aliphatic rings. The lowest BCUT2D eigenvalue weighted by Crippen LogP contribution is -2.43. The number of rotatable bonds is 10. The lowest BCUT2D eigenvalue weighted by molar-refractivity contribution is -0.117. The average molecular weight is 423 g/mol. The second-order valence-corrected chi connectivity index (χ2v) is 7.99. The molecule has 0 atom stereocenters. The summed E-state index contributed by atoms with van der Waals surface area (Å²) < 4.78 is 11.2. The van der Waals surface area contributed by atoms with Gasteiger partial charge in [-0.1, -0.05) is 49.7 Å². The van der Waals surface area contributed by atoms with E-state index in [1.54, 1.807) is 13.2 Å². The molecule has 1 aliphatic heterocycles. The minimum Gasteiger partial charge on any atom is -0.493 e. The number of methoxy groups -OCH3 is 1. The molecule has 0 aromatic heterocycles. The lowest BCUT2D eigenvalue weighted by atomic mass is 10.0. The molecule has 5 nitrogen and oxygen atoms in total. The van der Waals surface area contributed by atoms with E-state index in [1.165, 1.54) is 5.56 Å². The minimum absolute atomic E-state index is 0.0521. The largest absolute Gasteiger partial charge is 0.493 e. The van der Waals surface area contributed by atoms with Gasteiger partial charge >= 0.3 is 0 Å². The third-order valence-electron chi connectivity index (χ3n) is 5.55. The number of hydrogen-bond donors (Lipinski definition) is 1. The van der Waals surface area contributed by atoms with Crippen LogP contribution in [0.2, 0.25) is 0 Å². The fourth-order valence-electron chi connectivity index (χ4n) is 3.73. The van der Waals surface area contributed by atoms with Gasteiger partial charge in [0.2, 0.25) is 5.91 Å². The highest BCUT2D eigenvalue weighted by Gasteiger charge is 2.20. The first-order chi connectivity index (χ1) is 15.2. The van der Waals surface area contributed by atoms with Crippen LogP contribution < -0.4 is 14.8 Å². The molecular weight excluding hydrogens is 388 g/mol. The summed E-state index contributed by atoms with van der Waals surface area (Å²) in [4.78, 5) is 14.8. The van der Waals surface area contributed by atoms with E-state index in [9.17, 15) is 4.79 Å². The molecule has 0 spiro atoms. The second kappa shape index (κ2) is 12.2. The second-order valence-electron chi connectivity index (χ2n) is 7.99. The Labute approximate surface area is 186 Å². The Morgan fingerprint density at radius 2 is 1.90 bits per heavy atom. The summed E-state index contributed by atoms with van der Waals surface area (Å²) in [6.07, 6.45) is 7.47. The smallest absolute Gasteiger partial charge is 0.244 e. The molecule has 1 fully saturated rings. The van der Waals surface area contributed by atoms with Crippen LogP contribution in [0.1, 0.15) is 43.7 Å². The first kappa shape index (κ1) is 22.9. The van der Waals surface area contributed by atoms with Crippen LogP contribution >= 0.6 is 0 Å². The Morgan fingerprint density at radius 3 is 2.61 bits per heavy atom. The van der Waals surface area contributed by atoms with E-state index in [1.807, 2.05) is 30.3 Å². The van der Waals surface area contributed by atoms with Crippen LogP contribution in [0.3, 0.4) is 0 Å². The fraction of sp³-hybridized carbons (Fsp3) is 0.423. The normalized spacial score (nSPS) is 15.2. The number of benzene rings is 2. The quantitative estimate of drug-likeness (QED) is 0.447. The van der Waals surface area contributed by atoms with Crippen LogP contribution in [0, 0.1) is 0 Å². The first-order valence-electron chi connectivity index (χ1n) is 11.2. The van der Waals surface area contributed by atoms with Crippen molar-refractivity contribution in [3.8, 4) is 11.5 Å². The van der Waals surface area contributed by atoms with Gasteiger partial charge in [-0.25, -0.2) is 0 Å². The van der Waals surface area contributed by atoms with E-state index in [-0.39, 0.29) is 11.9 Å². The summed E-state index contributed by atoms with van der Waals surface area (Å²) in [7, 11) is 1.63. The number of nitrogens with one attached hydrogen (secondary N) is 1. The predicted molar refractivity (Wildman–Crippen MR) is 125 cm³/mol. The van der Waals surface area contributed by atoms with Crippen molar-refractivity contribution >= 4 is 12.0 Å². The van der Waals surface area contributed by atoms with Gasteiger partial charge in [0.25, 0.3) is 0 Å². The van der Waals surface area contributed by atoms with Crippen molar-refractivity contribution in [2.45, 2.75) is 45.2 Å². The van der Waals surface area contributed by atoms with Gasteiger partial charge in [-0.05, 0) is 48.6 Å². The topological polar surface area (TPSA) is 50.8 Å². The number of carbonyl (C=O) groups is 1. The Kier molecular flexibility index (Phi) is 8.98. The molecular formula is C26H34N2O3. The molecule has 1 amide bonds. The van der Waals surface area contributed by atoms with Crippen LogP contribution in [0.25, 0.3) is 6.08 Å². The molecule has 31 heavy (non-hydrogen) atoms. The predicted octanol–water partition coefficient (Wildman–Crippen LogP) is 4.67. The molecule has 3 rings (SSSR count). The molecule has 0 bridgehead atoms. The van der Waals surface area contributed by atoms with Crippen molar-refractivity contribution < 1.29 is 14.3 Å². The third kappa shape index (κ3) is 7.44. The highest BCUT2D eigenvalue weighted by molar-refractivity contribution is 5.92. The summed E-state index contributed by atoms with van der Waals surface area (Å²) in [5, 5.41) is 3.14. The summed E-state index contributed by atoms with van der Waals surface area (Å²) in [5.41, 5.74) is 2.25.